The Bertz CT molecular complexity index is 604. The quantitative estimate of drug-likeness (QED) is 0.811. The predicted octanol–water partition coefficient (Wildman–Crippen LogP) is 1.38. The lowest BCUT2D eigenvalue weighted by atomic mass is 10.2. The van der Waals surface area contributed by atoms with Gasteiger partial charge in [0.25, 0.3) is 0 Å². The van der Waals surface area contributed by atoms with E-state index in [1.54, 1.807) is 25.3 Å². The van der Waals surface area contributed by atoms with Crippen LogP contribution in [-0.2, 0) is 16.1 Å². The summed E-state index contributed by atoms with van der Waals surface area (Å²) in [5, 5.41) is 0.788. The maximum absolute atomic E-state index is 11.1. The molecule has 0 atom stereocenters. The fourth-order valence-corrected chi connectivity index (χ4v) is 1.51. The molecule has 17 heavy (non-hydrogen) atoms. The first-order chi connectivity index (χ1) is 8.20. The fourth-order valence-electron chi connectivity index (χ4n) is 1.51. The first-order valence-electron chi connectivity index (χ1n) is 5.33. The van der Waals surface area contributed by atoms with Crippen molar-refractivity contribution >= 4 is 16.9 Å². The summed E-state index contributed by atoms with van der Waals surface area (Å²) in [5.41, 5.74) is 1.16. The maximum atomic E-state index is 11.1. The van der Waals surface area contributed by atoms with Gasteiger partial charge in [-0.05, 0) is 12.1 Å². The van der Waals surface area contributed by atoms with Crippen molar-refractivity contribution < 1.29 is 9.53 Å². The van der Waals surface area contributed by atoms with Gasteiger partial charge in [0, 0.05) is 24.1 Å². The number of aromatic amines is 1. The lowest BCUT2D eigenvalue weighted by Gasteiger charge is -2.05. The zero-order valence-corrected chi connectivity index (χ0v) is 9.40. The van der Waals surface area contributed by atoms with Crippen LogP contribution in [-0.4, -0.2) is 15.9 Å². The first-order valence-corrected chi connectivity index (χ1v) is 5.33. The number of fused-ring (bicyclic) bond motifs is 1. The van der Waals surface area contributed by atoms with Crippen LogP contribution in [0, 0.1) is 0 Å². The van der Waals surface area contributed by atoms with E-state index in [-0.39, 0.29) is 18.1 Å². The first kappa shape index (κ1) is 11.3. The number of pyridine rings is 2. The highest BCUT2D eigenvalue weighted by atomic mass is 16.5. The van der Waals surface area contributed by atoms with E-state index in [4.69, 9.17) is 4.74 Å². The second-order valence-electron chi connectivity index (χ2n) is 3.56. The van der Waals surface area contributed by atoms with Crippen LogP contribution in [0.3, 0.4) is 0 Å². The van der Waals surface area contributed by atoms with E-state index < -0.39 is 0 Å². The van der Waals surface area contributed by atoms with Crippen molar-refractivity contribution in [3.63, 3.8) is 0 Å². The Balaban J connectivity index is 2.34. The highest BCUT2D eigenvalue weighted by molar-refractivity contribution is 5.80. The molecule has 2 rings (SSSR count). The highest BCUT2D eigenvalue weighted by Gasteiger charge is 2.05. The van der Waals surface area contributed by atoms with E-state index in [0.717, 1.165) is 5.39 Å². The predicted molar refractivity (Wildman–Crippen MR) is 62.5 cm³/mol. The summed E-state index contributed by atoms with van der Waals surface area (Å²) in [6.45, 7) is 1.85. The normalized spacial score (nSPS) is 10.4. The smallest absolute Gasteiger partial charge is 0.305 e. The Hall–Kier alpha value is -2.17. The van der Waals surface area contributed by atoms with Gasteiger partial charge in [0.1, 0.15) is 6.61 Å². The maximum Gasteiger partial charge on any atom is 0.305 e. The third kappa shape index (κ3) is 2.50. The van der Waals surface area contributed by atoms with Crippen molar-refractivity contribution in [2.24, 2.45) is 0 Å². The monoisotopic (exact) mass is 232 g/mol. The Kier molecular flexibility index (Phi) is 3.18. The Morgan fingerprint density at radius 1 is 1.41 bits per heavy atom. The average molecular weight is 232 g/mol. The van der Waals surface area contributed by atoms with Gasteiger partial charge in [-0.2, -0.15) is 0 Å². The molecule has 0 aromatic carbocycles. The van der Waals surface area contributed by atoms with Crippen molar-refractivity contribution in [2.45, 2.75) is 20.0 Å². The van der Waals surface area contributed by atoms with Gasteiger partial charge in [-0.25, -0.2) is 0 Å². The molecular weight excluding hydrogens is 220 g/mol. The van der Waals surface area contributed by atoms with Gasteiger partial charge in [-0.1, -0.05) is 6.92 Å². The zero-order chi connectivity index (χ0) is 12.3. The zero-order valence-electron chi connectivity index (χ0n) is 9.40. The molecule has 5 nitrogen and oxygen atoms in total. The molecule has 0 saturated carbocycles. The molecule has 1 N–H and O–H groups in total. The lowest BCUT2D eigenvalue weighted by molar-refractivity contribution is -0.144. The molecule has 0 amide bonds. The molecule has 2 aromatic heterocycles. The van der Waals surface area contributed by atoms with Gasteiger partial charge < -0.3 is 9.72 Å². The van der Waals surface area contributed by atoms with Crippen LogP contribution in [0.25, 0.3) is 10.9 Å². The molecule has 2 heterocycles. The number of aromatic nitrogens is 2. The number of hydrogen-bond donors (Lipinski definition) is 1. The van der Waals surface area contributed by atoms with Crippen LogP contribution >= 0.6 is 0 Å². The Labute approximate surface area is 97.4 Å². The number of esters is 1. The minimum atomic E-state index is -0.270. The minimum Gasteiger partial charge on any atom is -0.459 e. The van der Waals surface area contributed by atoms with Crippen LogP contribution < -0.4 is 5.56 Å². The minimum absolute atomic E-state index is 0.121. The standard InChI is InChI=1S/C12H12N2O3/c1-2-12(16)17-7-10-8-3-4-11(15)14-9(8)5-6-13-10/h3-6H,2,7H2,1H3,(H,14,15). The topological polar surface area (TPSA) is 72.0 Å². The van der Waals surface area contributed by atoms with E-state index in [1.165, 1.54) is 6.07 Å². The summed E-state index contributed by atoms with van der Waals surface area (Å²) in [6, 6.07) is 4.81. The number of nitrogens with zero attached hydrogens (tertiary/aromatic N) is 1. The Morgan fingerprint density at radius 2 is 2.24 bits per heavy atom. The van der Waals surface area contributed by atoms with Crippen LogP contribution in [0.2, 0.25) is 0 Å². The van der Waals surface area contributed by atoms with Gasteiger partial charge in [0.15, 0.2) is 0 Å². The number of carbonyl (C=O) groups is 1. The van der Waals surface area contributed by atoms with E-state index in [0.29, 0.717) is 17.6 Å². The van der Waals surface area contributed by atoms with Crippen molar-refractivity contribution in [1.82, 2.24) is 9.97 Å². The van der Waals surface area contributed by atoms with Gasteiger partial charge in [-0.3, -0.25) is 14.6 Å². The van der Waals surface area contributed by atoms with Crippen LogP contribution in [0.15, 0.2) is 29.2 Å². The SMILES string of the molecule is CCC(=O)OCc1nccc2[nH]c(=O)ccc12. The van der Waals surface area contributed by atoms with Crippen LogP contribution in [0.1, 0.15) is 19.0 Å². The number of hydrogen-bond acceptors (Lipinski definition) is 4. The molecule has 0 aliphatic heterocycles. The largest absolute Gasteiger partial charge is 0.459 e. The molecule has 0 radical (unpaired) electrons. The molecule has 0 spiro atoms. The van der Waals surface area contributed by atoms with Gasteiger partial charge in [0.2, 0.25) is 5.56 Å². The Morgan fingerprint density at radius 3 is 3.00 bits per heavy atom. The molecule has 0 aliphatic rings. The summed E-state index contributed by atoms with van der Waals surface area (Å²) >= 11 is 0. The molecule has 0 saturated heterocycles. The molecule has 0 unspecified atom stereocenters. The fraction of sp³-hybridized carbons (Fsp3) is 0.250. The third-order valence-electron chi connectivity index (χ3n) is 2.39. The molecule has 2 aromatic rings. The summed E-state index contributed by atoms with van der Waals surface area (Å²) in [5.74, 6) is -0.270. The molecule has 0 fully saturated rings. The van der Waals surface area contributed by atoms with Crippen molar-refractivity contribution in [3.8, 4) is 0 Å². The van der Waals surface area contributed by atoms with E-state index in [9.17, 15) is 9.59 Å². The summed E-state index contributed by atoms with van der Waals surface area (Å²) in [4.78, 5) is 29.1. The summed E-state index contributed by atoms with van der Waals surface area (Å²) in [7, 11) is 0. The number of rotatable bonds is 3. The molecular formula is C12H12N2O3. The lowest BCUT2D eigenvalue weighted by Crippen LogP contribution is -2.07. The summed E-state index contributed by atoms with van der Waals surface area (Å²) < 4.78 is 5.02. The highest BCUT2D eigenvalue weighted by Crippen LogP contribution is 2.13. The van der Waals surface area contributed by atoms with Crippen LogP contribution in [0.4, 0.5) is 0 Å². The summed E-state index contributed by atoms with van der Waals surface area (Å²) in [6.07, 6.45) is 1.91. The second-order valence-corrected chi connectivity index (χ2v) is 3.56. The molecule has 0 bridgehead atoms. The second kappa shape index (κ2) is 4.78. The average Bonchev–Trinajstić information content (AvgIpc) is 2.35. The van der Waals surface area contributed by atoms with E-state index >= 15 is 0 Å². The molecule has 0 aliphatic carbocycles. The van der Waals surface area contributed by atoms with E-state index in [2.05, 4.69) is 9.97 Å². The van der Waals surface area contributed by atoms with Crippen LogP contribution in [0.5, 0.6) is 0 Å². The number of nitrogens with one attached hydrogen (secondary N) is 1. The number of carbonyl (C=O) groups excluding carboxylic acids is 1. The van der Waals surface area contributed by atoms with Gasteiger partial charge >= 0.3 is 5.97 Å². The molecule has 88 valence electrons. The number of H-pyrrole nitrogens is 1. The molecule has 5 heteroatoms. The van der Waals surface area contributed by atoms with Crippen molar-refractivity contribution in [1.29, 1.82) is 0 Å². The third-order valence-corrected chi connectivity index (χ3v) is 2.39. The van der Waals surface area contributed by atoms with Crippen molar-refractivity contribution in [2.75, 3.05) is 0 Å². The van der Waals surface area contributed by atoms with Gasteiger partial charge in [-0.15, -0.1) is 0 Å². The number of ether oxygens (including phenoxy) is 1. The van der Waals surface area contributed by atoms with E-state index in [1.807, 2.05) is 0 Å². The van der Waals surface area contributed by atoms with Crippen molar-refractivity contribution in [3.05, 3.63) is 40.4 Å². The van der Waals surface area contributed by atoms with Gasteiger partial charge in [0.05, 0.1) is 11.2 Å².